The van der Waals surface area contributed by atoms with Crippen molar-refractivity contribution in [3.63, 3.8) is 0 Å². The van der Waals surface area contributed by atoms with Crippen LogP contribution in [-0.4, -0.2) is 35.8 Å². The van der Waals surface area contributed by atoms with Crippen LogP contribution in [0.25, 0.3) is 10.9 Å². The molecule has 0 saturated heterocycles. The second-order valence-corrected chi connectivity index (χ2v) is 6.52. The number of β-amino-alcohol motifs (C(OH)–C–C–N with tert-alkyl or cyclic N) is 1. The standard InChI is InChI=1S/C20H19N3O5/c1-27-17-7-8-18(28-2)19-13(17)10-22(11-16(19)24)15-6-5-14(23(25)26)12-4-3-9-21-20(12)15/h3-9,16,24H,10-11H2,1-2H3. The summed E-state index contributed by atoms with van der Waals surface area (Å²) in [7, 11) is 3.14. The molecule has 1 aliphatic heterocycles. The molecule has 1 N–H and O–H groups in total. The Bertz CT molecular complexity index is 1070. The highest BCUT2D eigenvalue weighted by Gasteiger charge is 2.31. The van der Waals surface area contributed by atoms with Crippen LogP contribution in [0.2, 0.25) is 0 Å². The van der Waals surface area contributed by atoms with E-state index in [1.807, 2.05) is 4.90 Å². The van der Waals surface area contributed by atoms with Crippen LogP contribution in [0.1, 0.15) is 17.2 Å². The topological polar surface area (TPSA) is 98.0 Å². The molecule has 144 valence electrons. The van der Waals surface area contributed by atoms with Gasteiger partial charge in [0.05, 0.1) is 30.2 Å². The summed E-state index contributed by atoms with van der Waals surface area (Å²) in [6.45, 7) is 0.760. The first-order valence-corrected chi connectivity index (χ1v) is 8.74. The van der Waals surface area contributed by atoms with Crippen LogP contribution in [0.15, 0.2) is 42.6 Å². The van der Waals surface area contributed by atoms with Crippen LogP contribution in [-0.2, 0) is 6.54 Å². The first-order chi connectivity index (χ1) is 13.5. The lowest BCUT2D eigenvalue weighted by Gasteiger charge is -2.35. The summed E-state index contributed by atoms with van der Waals surface area (Å²) in [5, 5.41) is 22.7. The first kappa shape index (κ1) is 18.0. The van der Waals surface area contributed by atoms with Gasteiger partial charge in [-0.1, -0.05) is 0 Å². The van der Waals surface area contributed by atoms with Gasteiger partial charge in [0.1, 0.15) is 23.1 Å². The summed E-state index contributed by atoms with van der Waals surface area (Å²) in [4.78, 5) is 17.3. The number of aliphatic hydroxyl groups excluding tert-OH is 1. The Morgan fingerprint density at radius 2 is 1.93 bits per heavy atom. The molecule has 0 amide bonds. The molecule has 1 aliphatic rings. The van der Waals surface area contributed by atoms with Crippen LogP contribution in [0, 0.1) is 10.1 Å². The van der Waals surface area contributed by atoms with Gasteiger partial charge in [-0.3, -0.25) is 15.1 Å². The lowest BCUT2D eigenvalue weighted by molar-refractivity contribution is -0.383. The van der Waals surface area contributed by atoms with Crippen molar-refractivity contribution in [1.29, 1.82) is 0 Å². The SMILES string of the molecule is COc1ccc(OC)c2c1CN(c1ccc([N+](=O)[O-])c3cccnc13)CC2O. The van der Waals surface area contributed by atoms with Crippen LogP contribution >= 0.6 is 0 Å². The lowest BCUT2D eigenvalue weighted by Crippen LogP contribution is -2.34. The van der Waals surface area contributed by atoms with E-state index in [0.29, 0.717) is 41.1 Å². The Morgan fingerprint density at radius 1 is 1.18 bits per heavy atom. The highest BCUT2D eigenvalue weighted by molar-refractivity contribution is 5.97. The number of rotatable bonds is 4. The Labute approximate surface area is 161 Å². The number of hydrogen-bond donors (Lipinski definition) is 1. The van der Waals surface area contributed by atoms with Crippen molar-refractivity contribution in [3.05, 3.63) is 63.8 Å². The van der Waals surface area contributed by atoms with Crippen LogP contribution in [0.4, 0.5) is 11.4 Å². The number of nitro benzene ring substituents is 1. The normalized spacial score (nSPS) is 16.0. The van der Waals surface area contributed by atoms with Gasteiger partial charge in [0.25, 0.3) is 5.69 Å². The van der Waals surface area contributed by atoms with Gasteiger partial charge < -0.3 is 19.5 Å². The lowest BCUT2D eigenvalue weighted by atomic mass is 9.94. The molecule has 0 radical (unpaired) electrons. The van der Waals surface area contributed by atoms with Crippen molar-refractivity contribution in [2.24, 2.45) is 0 Å². The van der Waals surface area contributed by atoms with E-state index in [9.17, 15) is 15.2 Å². The minimum absolute atomic E-state index is 0.00376. The highest BCUT2D eigenvalue weighted by atomic mass is 16.6. The van der Waals surface area contributed by atoms with Gasteiger partial charge in [0.2, 0.25) is 0 Å². The van der Waals surface area contributed by atoms with Gasteiger partial charge in [-0.15, -0.1) is 0 Å². The van der Waals surface area contributed by atoms with Gasteiger partial charge in [0.15, 0.2) is 0 Å². The second kappa shape index (κ2) is 6.97. The summed E-state index contributed by atoms with van der Waals surface area (Å²) < 4.78 is 10.9. The number of methoxy groups -OCH3 is 2. The first-order valence-electron chi connectivity index (χ1n) is 8.74. The number of anilines is 1. The average molecular weight is 381 g/mol. The Kier molecular flexibility index (Phi) is 4.48. The molecule has 1 unspecified atom stereocenters. The summed E-state index contributed by atoms with van der Waals surface area (Å²) in [5.74, 6) is 1.26. The number of nitrogens with zero attached hydrogens (tertiary/aromatic N) is 3. The van der Waals surface area contributed by atoms with E-state index >= 15 is 0 Å². The van der Waals surface area contributed by atoms with Crippen molar-refractivity contribution >= 4 is 22.3 Å². The summed E-state index contributed by atoms with van der Waals surface area (Å²) in [5.41, 5.74) is 2.77. The summed E-state index contributed by atoms with van der Waals surface area (Å²) in [6, 6.07) is 10.1. The number of aliphatic hydroxyl groups is 1. The predicted octanol–water partition coefficient (Wildman–Crippen LogP) is 3.21. The van der Waals surface area contributed by atoms with Crippen molar-refractivity contribution in [3.8, 4) is 11.5 Å². The van der Waals surface area contributed by atoms with Gasteiger partial charge in [0, 0.05) is 36.5 Å². The molecule has 2 heterocycles. The number of fused-ring (bicyclic) bond motifs is 2. The maximum atomic E-state index is 11.4. The number of hydrogen-bond acceptors (Lipinski definition) is 7. The summed E-state index contributed by atoms with van der Waals surface area (Å²) in [6.07, 6.45) is 0.802. The zero-order valence-electron chi connectivity index (χ0n) is 15.5. The van der Waals surface area contributed by atoms with E-state index in [-0.39, 0.29) is 5.69 Å². The van der Waals surface area contributed by atoms with E-state index in [2.05, 4.69) is 4.98 Å². The Hall–Kier alpha value is -3.39. The molecule has 3 aromatic rings. The Morgan fingerprint density at radius 3 is 2.64 bits per heavy atom. The third-order valence-electron chi connectivity index (χ3n) is 5.05. The van der Waals surface area contributed by atoms with Crippen LogP contribution < -0.4 is 14.4 Å². The fourth-order valence-corrected chi connectivity index (χ4v) is 3.82. The third kappa shape index (κ3) is 2.78. The van der Waals surface area contributed by atoms with E-state index in [1.165, 1.54) is 6.07 Å². The van der Waals surface area contributed by atoms with Crippen molar-refractivity contribution < 1.29 is 19.5 Å². The number of non-ortho nitro benzene ring substituents is 1. The third-order valence-corrected chi connectivity index (χ3v) is 5.05. The van der Waals surface area contributed by atoms with Crippen LogP contribution in [0.3, 0.4) is 0 Å². The molecule has 0 spiro atoms. The molecular formula is C20H19N3O5. The molecule has 0 saturated carbocycles. The van der Waals surface area contributed by atoms with Gasteiger partial charge in [-0.25, -0.2) is 0 Å². The molecule has 4 rings (SSSR count). The quantitative estimate of drug-likeness (QED) is 0.547. The minimum Gasteiger partial charge on any atom is -0.496 e. The molecule has 1 atom stereocenters. The maximum Gasteiger partial charge on any atom is 0.278 e. The molecule has 2 aromatic carbocycles. The molecule has 8 heteroatoms. The van der Waals surface area contributed by atoms with Gasteiger partial charge in [-0.2, -0.15) is 0 Å². The summed E-state index contributed by atoms with van der Waals surface area (Å²) >= 11 is 0. The minimum atomic E-state index is -0.803. The molecule has 28 heavy (non-hydrogen) atoms. The number of aromatic nitrogens is 1. The monoisotopic (exact) mass is 381 g/mol. The number of nitro groups is 1. The number of pyridine rings is 1. The van der Waals surface area contributed by atoms with Crippen molar-refractivity contribution in [1.82, 2.24) is 4.98 Å². The van der Waals surface area contributed by atoms with Gasteiger partial charge >= 0.3 is 0 Å². The molecule has 8 nitrogen and oxygen atoms in total. The average Bonchev–Trinajstić information content (AvgIpc) is 2.71. The second-order valence-electron chi connectivity index (χ2n) is 6.52. The van der Waals surface area contributed by atoms with Crippen LogP contribution in [0.5, 0.6) is 11.5 Å². The molecule has 0 aliphatic carbocycles. The zero-order chi connectivity index (χ0) is 19.8. The smallest absolute Gasteiger partial charge is 0.278 e. The fourth-order valence-electron chi connectivity index (χ4n) is 3.82. The van der Waals surface area contributed by atoms with E-state index in [1.54, 1.807) is 50.7 Å². The molecule has 0 fully saturated rings. The van der Waals surface area contributed by atoms with E-state index in [4.69, 9.17) is 9.47 Å². The van der Waals surface area contributed by atoms with Crippen molar-refractivity contribution in [2.45, 2.75) is 12.6 Å². The van der Waals surface area contributed by atoms with Crippen molar-refractivity contribution in [2.75, 3.05) is 25.7 Å². The molecule has 1 aromatic heterocycles. The Balaban J connectivity index is 1.85. The zero-order valence-corrected chi connectivity index (χ0v) is 15.5. The fraction of sp³-hybridized carbons (Fsp3) is 0.250. The molecule has 0 bridgehead atoms. The van der Waals surface area contributed by atoms with E-state index < -0.39 is 11.0 Å². The predicted molar refractivity (Wildman–Crippen MR) is 104 cm³/mol. The number of ether oxygens (including phenoxy) is 2. The van der Waals surface area contributed by atoms with E-state index in [0.717, 1.165) is 11.3 Å². The maximum absolute atomic E-state index is 11.4. The molecular weight excluding hydrogens is 362 g/mol. The largest absolute Gasteiger partial charge is 0.496 e. The number of benzene rings is 2. The highest BCUT2D eigenvalue weighted by Crippen LogP contribution is 2.42. The van der Waals surface area contributed by atoms with Gasteiger partial charge in [-0.05, 0) is 30.3 Å².